The Balaban J connectivity index is 2.10. The summed E-state index contributed by atoms with van der Waals surface area (Å²) in [6.45, 7) is 9.17. The van der Waals surface area contributed by atoms with Gasteiger partial charge in [-0.3, -0.25) is 13.9 Å². The van der Waals surface area contributed by atoms with Gasteiger partial charge in [0.25, 0.3) is 10.0 Å². The van der Waals surface area contributed by atoms with E-state index < -0.39 is 28.5 Å². The summed E-state index contributed by atoms with van der Waals surface area (Å²) in [6.07, 6.45) is 0.380. The van der Waals surface area contributed by atoms with Crippen molar-refractivity contribution >= 4 is 27.5 Å². The van der Waals surface area contributed by atoms with Gasteiger partial charge in [-0.05, 0) is 63.4 Å². The summed E-state index contributed by atoms with van der Waals surface area (Å²) in [5.41, 5.74) is 4.96. The van der Waals surface area contributed by atoms with Gasteiger partial charge in [0.2, 0.25) is 11.8 Å². The van der Waals surface area contributed by atoms with E-state index in [0.717, 1.165) is 32.1 Å². The van der Waals surface area contributed by atoms with Crippen LogP contribution in [0.4, 0.5) is 5.69 Å². The third-order valence-electron chi connectivity index (χ3n) is 6.58. The number of nitrogens with one attached hydrogen (secondary N) is 1. The van der Waals surface area contributed by atoms with E-state index in [2.05, 4.69) is 5.32 Å². The van der Waals surface area contributed by atoms with E-state index in [9.17, 15) is 18.0 Å². The SMILES string of the molecule is CC[C@@H](C(=O)NC)N(Cc1cccc(C)c1)C(=O)CN(c1ccc(C)cc1C)S(=O)(=O)c1ccc(C)cc1. The lowest BCUT2D eigenvalue weighted by Gasteiger charge is -2.33. The van der Waals surface area contributed by atoms with Crippen LogP contribution in [0.3, 0.4) is 0 Å². The zero-order chi connectivity index (χ0) is 28.0. The average Bonchev–Trinajstić information content (AvgIpc) is 2.87. The lowest BCUT2D eigenvalue weighted by Crippen LogP contribution is -2.51. The number of anilines is 1. The average molecular weight is 536 g/mol. The summed E-state index contributed by atoms with van der Waals surface area (Å²) in [5.74, 6) is -0.759. The quantitative estimate of drug-likeness (QED) is 0.409. The first-order valence-corrected chi connectivity index (χ1v) is 14.1. The summed E-state index contributed by atoms with van der Waals surface area (Å²) in [6, 6.07) is 19.0. The van der Waals surface area contributed by atoms with Gasteiger partial charge >= 0.3 is 0 Å². The molecule has 0 aliphatic heterocycles. The number of hydrogen-bond acceptors (Lipinski definition) is 4. The van der Waals surface area contributed by atoms with Crippen LogP contribution in [-0.2, 0) is 26.2 Å². The summed E-state index contributed by atoms with van der Waals surface area (Å²) < 4.78 is 29.1. The first kappa shape index (κ1) is 28.9. The van der Waals surface area contributed by atoms with Crippen LogP contribution in [-0.4, -0.2) is 44.8 Å². The molecule has 7 nitrogen and oxygen atoms in total. The number of carbonyl (C=O) groups is 2. The highest BCUT2D eigenvalue weighted by molar-refractivity contribution is 7.92. The highest BCUT2D eigenvalue weighted by Gasteiger charge is 2.33. The van der Waals surface area contributed by atoms with E-state index in [4.69, 9.17) is 0 Å². The highest BCUT2D eigenvalue weighted by Crippen LogP contribution is 2.28. The number of amides is 2. The standard InChI is InChI=1S/C30H37N3O4S/c1-7-27(30(35)31-6)32(19-25-10-8-9-22(3)18-25)29(34)20-33(28-16-13-23(4)17-24(28)5)38(36,37)26-14-11-21(2)12-15-26/h8-18,27H,7,19-20H2,1-6H3,(H,31,35)/t27-/m0/s1. The van der Waals surface area contributed by atoms with Gasteiger partial charge in [0.1, 0.15) is 12.6 Å². The fraction of sp³-hybridized carbons (Fsp3) is 0.333. The van der Waals surface area contributed by atoms with Gasteiger partial charge in [-0.2, -0.15) is 0 Å². The third-order valence-corrected chi connectivity index (χ3v) is 8.35. The molecule has 0 aromatic heterocycles. The number of aryl methyl sites for hydroxylation is 4. The molecular formula is C30H37N3O4S. The second-order valence-electron chi connectivity index (χ2n) is 9.66. The number of benzene rings is 3. The van der Waals surface area contributed by atoms with Crippen molar-refractivity contribution in [2.45, 2.75) is 58.5 Å². The van der Waals surface area contributed by atoms with E-state index in [0.29, 0.717) is 12.1 Å². The normalized spacial score (nSPS) is 12.1. The smallest absolute Gasteiger partial charge is 0.264 e. The Bertz CT molecular complexity index is 1400. The Kier molecular flexibility index (Phi) is 9.33. The number of nitrogens with zero attached hydrogens (tertiary/aromatic N) is 2. The van der Waals surface area contributed by atoms with Crippen LogP contribution in [0.15, 0.2) is 71.6 Å². The van der Waals surface area contributed by atoms with Crippen molar-refractivity contribution < 1.29 is 18.0 Å². The van der Waals surface area contributed by atoms with Crippen molar-refractivity contribution in [2.75, 3.05) is 17.9 Å². The highest BCUT2D eigenvalue weighted by atomic mass is 32.2. The number of hydrogen-bond donors (Lipinski definition) is 1. The van der Waals surface area contributed by atoms with Gasteiger partial charge in [-0.15, -0.1) is 0 Å². The van der Waals surface area contributed by atoms with Gasteiger partial charge in [-0.1, -0.05) is 72.1 Å². The van der Waals surface area contributed by atoms with Crippen LogP contribution in [0.2, 0.25) is 0 Å². The van der Waals surface area contributed by atoms with Crippen LogP contribution in [0.1, 0.15) is 41.2 Å². The van der Waals surface area contributed by atoms with Crippen molar-refractivity contribution in [3.8, 4) is 0 Å². The minimum Gasteiger partial charge on any atom is -0.357 e. The summed E-state index contributed by atoms with van der Waals surface area (Å²) in [7, 11) is -2.56. The fourth-order valence-corrected chi connectivity index (χ4v) is 6.01. The molecule has 1 N–H and O–H groups in total. The number of rotatable bonds is 10. The van der Waals surface area contributed by atoms with Gasteiger partial charge in [-0.25, -0.2) is 8.42 Å². The maximum atomic E-state index is 14.0. The molecule has 3 aromatic rings. The number of carbonyl (C=O) groups excluding carboxylic acids is 2. The lowest BCUT2D eigenvalue weighted by atomic mass is 10.1. The predicted molar refractivity (Wildman–Crippen MR) is 152 cm³/mol. The summed E-state index contributed by atoms with van der Waals surface area (Å²) in [4.78, 5) is 28.4. The van der Waals surface area contributed by atoms with Crippen LogP contribution in [0.5, 0.6) is 0 Å². The molecule has 0 saturated heterocycles. The maximum absolute atomic E-state index is 14.0. The fourth-order valence-electron chi connectivity index (χ4n) is 4.53. The van der Waals surface area contributed by atoms with Gasteiger partial charge in [0, 0.05) is 13.6 Å². The van der Waals surface area contributed by atoms with Crippen molar-refractivity contribution in [1.29, 1.82) is 0 Å². The van der Waals surface area contributed by atoms with Gasteiger partial charge < -0.3 is 10.2 Å². The Labute approximate surface area is 226 Å². The van der Waals surface area contributed by atoms with E-state index in [1.54, 1.807) is 30.3 Å². The second kappa shape index (κ2) is 12.3. The Hall–Kier alpha value is -3.65. The van der Waals surface area contributed by atoms with Crippen LogP contribution in [0, 0.1) is 27.7 Å². The van der Waals surface area contributed by atoms with Crippen LogP contribution < -0.4 is 9.62 Å². The Morgan fingerprint density at radius 3 is 2.08 bits per heavy atom. The molecule has 0 bridgehead atoms. The summed E-state index contributed by atoms with van der Waals surface area (Å²) >= 11 is 0. The van der Waals surface area contributed by atoms with Crippen molar-refractivity contribution in [3.05, 3.63) is 94.5 Å². The Morgan fingerprint density at radius 1 is 0.868 bits per heavy atom. The summed E-state index contributed by atoms with van der Waals surface area (Å²) in [5, 5.41) is 2.65. The molecule has 0 radical (unpaired) electrons. The van der Waals surface area contributed by atoms with E-state index in [1.807, 2.05) is 71.0 Å². The topological polar surface area (TPSA) is 86.8 Å². The molecule has 8 heteroatoms. The van der Waals surface area contributed by atoms with Gasteiger partial charge in [0.15, 0.2) is 0 Å². The first-order chi connectivity index (χ1) is 18.0. The Morgan fingerprint density at radius 2 is 1.50 bits per heavy atom. The van der Waals surface area contributed by atoms with Crippen molar-refractivity contribution in [2.24, 2.45) is 0 Å². The molecule has 0 aliphatic rings. The van der Waals surface area contributed by atoms with Crippen LogP contribution >= 0.6 is 0 Å². The predicted octanol–water partition coefficient (Wildman–Crippen LogP) is 4.67. The maximum Gasteiger partial charge on any atom is 0.264 e. The van der Waals surface area contributed by atoms with E-state index in [-0.39, 0.29) is 17.3 Å². The molecule has 0 unspecified atom stereocenters. The minimum atomic E-state index is -4.09. The molecule has 3 rings (SSSR count). The zero-order valence-electron chi connectivity index (χ0n) is 23.0. The minimum absolute atomic E-state index is 0.0967. The lowest BCUT2D eigenvalue weighted by molar-refractivity contribution is -0.140. The van der Waals surface area contributed by atoms with E-state index >= 15 is 0 Å². The number of sulfonamides is 1. The molecule has 3 aromatic carbocycles. The van der Waals surface area contributed by atoms with E-state index in [1.165, 1.54) is 11.9 Å². The molecule has 1 atom stereocenters. The number of likely N-dealkylation sites (N-methyl/N-ethyl adjacent to an activating group) is 1. The molecule has 0 spiro atoms. The molecule has 0 saturated carbocycles. The largest absolute Gasteiger partial charge is 0.357 e. The van der Waals surface area contributed by atoms with Crippen LogP contribution in [0.25, 0.3) is 0 Å². The van der Waals surface area contributed by atoms with Crippen molar-refractivity contribution in [1.82, 2.24) is 10.2 Å². The molecule has 0 aliphatic carbocycles. The monoisotopic (exact) mass is 535 g/mol. The van der Waals surface area contributed by atoms with Gasteiger partial charge in [0.05, 0.1) is 10.6 Å². The third kappa shape index (κ3) is 6.61. The zero-order valence-corrected chi connectivity index (χ0v) is 23.8. The second-order valence-corrected chi connectivity index (χ2v) is 11.5. The molecule has 38 heavy (non-hydrogen) atoms. The molecule has 2 amide bonds. The molecule has 0 heterocycles. The molecular weight excluding hydrogens is 498 g/mol. The van der Waals surface area contributed by atoms with Crippen molar-refractivity contribution in [3.63, 3.8) is 0 Å². The molecule has 202 valence electrons. The first-order valence-electron chi connectivity index (χ1n) is 12.7. The molecule has 0 fully saturated rings.